The molecule has 0 aromatic heterocycles. The lowest BCUT2D eigenvalue weighted by atomic mass is 9.98. The van der Waals surface area contributed by atoms with Crippen LogP contribution in [0.2, 0.25) is 0 Å². The molecule has 0 spiro atoms. The molecule has 0 aliphatic carbocycles. The second-order valence-electron chi connectivity index (χ2n) is 5.19. The first kappa shape index (κ1) is 15.7. The van der Waals surface area contributed by atoms with Crippen LogP contribution in [0, 0.1) is 10.1 Å². The van der Waals surface area contributed by atoms with Crippen LogP contribution in [0.5, 0.6) is 0 Å². The molecule has 0 saturated carbocycles. The first-order chi connectivity index (χ1) is 10.1. The van der Waals surface area contributed by atoms with Gasteiger partial charge in [-0.1, -0.05) is 0 Å². The zero-order valence-electron chi connectivity index (χ0n) is 11.9. The summed E-state index contributed by atoms with van der Waals surface area (Å²) in [5.41, 5.74) is 1.49. The fraction of sp³-hybridized carbons (Fsp3) is 0.500. The first-order valence-corrected chi connectivity index (χ1v) is 7.33. The van der Waals surface area contributed by atoms with Crippen molar-refractivity contribution in [1.82, 2.24) is 4.90 Å². The molecule has 0 radical (unpaired) electrons. The second-order valence-corrected chi connectivity index (χ2v) is 5.50. The van der Waals surface area contributed by atoms with Crippen LogP contribution in [0.3, 0.4) is 0 Å². The smallest absolute Gasteiger partial charge is 0.269 e. The molecule has 1 aromatic carbocycles. The third-order valence-corrected chi connectivity index (χ3v) is 4.13. The average molecular weight is 312 g/mol. The molecule has 21 heavy (non-hydrogen) atoms. The predicted molar refractivity (Wildman–Crippen MR) is 82.3 cm³/mol. The van der Waals surface area contributed by atoms with Crippen LogP contribution >= 0.6 is 11.6 Å². The van der Waals surface area contributed by atoms with E-state index in [1.807, 2.05) is 0 Å². The van der Waals surface area contributed by atoms with Crippen molar-refractivity contribution >= 4 is 29.3 Å². The average Bonchev–Trinajstić information content (AvgIpc) is 2.49. The summed E-state index contributed by atoms with van der Waals surface area (Å²) in [6.07, 6.45) is 0.756. The fourth-order valence-electron chi connectivity index (χ4n) is 2.48. The van der Waals surface area contributed by atoms with E-state index in [2.05, 4.69) is 16.8 Å². The molecule has 1 fully saturated rings. The normalized spacial score (nSPS) is 17.5. The van der Waals surface area contributed by atoms with Gasteiger partial charge in [-0.2, -0.15) is 0 Å². The molecule has 1 atom stereocenters. The minimum absolute atomic E-state index is 0.0140. The monoisotopic (exact) mass is 311 g/mol. The molecule has 1 unspecified atom stereocenters. The minimum atomic E-state index is -0.527. The lowest BCUT2D eigenvalue weighted by Gasteiger charge is -2.35. The quantitative estimate of drug-likeness (QED) is 0.359. The first-order valence-electron chi connectivity index (χ1n) is 6.80. The second kappa shape index (κ2) is 6.87. The maximum atomic E-state index is 11.2. The Morgan fingerprint density at radius 1 is 1.38 bits per heavy atom. The van der Waals surface area contributed by atoms with Crippen molar-refractivity contribution in [2.75, 3.05) is 44.0 Å². The van der Waals surface area contributed by atoms with Crippen molar-refractivity contribution in [3.63, 3.8) is 0 Å². The van der Waals surface area contributed by atoms with Crippen molar-refractivity contribution in [2.24, 2.45) is 0 Å². The maximum absolute atomic E-state index is 11.2. The van der Waals surface area contributed by atoms with Gasteiger partial charge in [0.1, 0.15) is 6.29 Å². The van der Waals surface area contributed by atoms with Gasteiger partial charge in [0.05, 0.1) is 10.8 Å². The van der Waals surface area contributed by atoms with Crippen LogP contribution < -0.4 is 4.90 Å². The van der Waals surface area contributed by atoms with Crippen LogP contribution in [0.4, 0.5) is 11.4 Å². The van der Waals surface area contributed by atoms with Crippen LogP contribution in [0.1, 0.15) is 11.5 Å². The molecule has 0 N–H and O–H groups in total. The van der Waals surface area contributed by atoms with Gasteiger partial charge in [-0.3, -0.25) is 10.1 Å². The summed E-state index contributed by atoms with van der Waals surface area (Å²) in [6, 6.07) is 4.67. The van der Waals surface area contributed by atoms with Gasteiger partial charge in [-0.05, 0) is 18.7 Å². The Labute approximate surface area is 128 Å². The van der Waals surface area contributed by atoms with Crippen LogP contribution in [0.15, 0.2) is 18.2 Å². The topological polar surface area (TPSA) is 66.7 Å². The Hall–Kier alpha value is -1.66. The van der Waals surface area contributed by atoms with Gasteiger partial charge in [0, 0.05) is 49.9 Å². The zero-order valence-corrected chi connectivity index (χ0v) is 12.6. The number of non-ortho nitro benzene ring substituents is 1. The Bertz CT molecular complexity index is 530. The largest absolute Gasteiger partial charge is 0.369 e. The Kier molecular flexibility index (Phi) is 5.14. The number of halogens is 1. The number of anilines is 1. The molecule has 1 aliphatic rings. The molecule has 0 amide bonds. The van der Waals surface area contributed by atoms with E-state index in [0.717, 1.165) is 38.2 Å². The number of nitro benzene ring substituents is 1. The van der Waals surface area contributed by atoms with Crippen LogP contribution in [-0.2, 0) is 4.79 Å². The fourth-order valence-corrected chi connectivity index (χ4v) is 2.72. The number of alkyl halides is 1. The van der Waals surface area contributed by atoms with E-state index in [1.54, 1.807) is 6.07 Å². The zero-order chi connectivity index (χ0) is 15.4. The van der Waals surface area contributed by atoms with E-state index in [-0.39, 0.29) is 11.6 Å². The van der Waals surface area contributed by atoms with Gasteiger partial charge in [-0.15, -0.1) is 11.6 Å². The minimum Gasteiger partial charge on any atom is -0.369 e. The molecule has 2 rings (SSSR count). The maximum Gasteiger partial charge on any atom is 0.269 e. The molecule has 114 valence electrons. The summed E-state index contributed by atoms with van der Waals surface area (Å²) in [4.78, 5) is 26.1. The summed E-state index contributed by atoms with van der Waals surface area (Å²) in [5.74, 6) is -0.410. The molecule has 1 heterocycles. The van der Waals surface area contributed by atoms with Crippen molar-refractivity contribution in [3.8, 4) is 0 Å². The molecule has 1 aromatic rings. The summed E-state index contributed by atoms with van der Waals surface area (Å²) in [7, 11) is 2.06. The van der Waals surface area contributed by atoms with Gasteiger partial charge < -0.3 is 14.6 Å². The number of rotatable bonds is 5. The van der Waals surface area contributed by atoms with E-state index < -0.39 is 10.8 Å². The number of piperazine rings is 1. The standard InChI is InChI=1S/C14H18ClN3O3/c1-16-4-6-17(7-5-16)14-3-2-12(18(20)21)8-13(14)11(9-15)10-19/h2-3,8,10-11H,4-7,9H2,1H3. The SMILES string of the molecule is CN1CCN(c2ccc([N+](=O)[O-])cc2C(C=O)CCl)CC1. The van der Waals surface area contributed by atoms with Crippen LogP contribution in [-0.4, -0.2) is 55.2 Å². The van der Waals surface area contributed by atoms with Gasteiger partial charge in [0.15, 0.2) is 0 Å². The highest BCUT2D eigenvalue weighted by Crippen LogP contribution is 2.32. The Morgan fingerprint density at radius 3 is 2.57 bits per heavy atom. The third-order valence-electron chi connectivity index (χ3n) is 3.80. The number of hydrogen-bond acceptors (Lipinski definition) is 5. The Morgan fingerprint density at radius 2 is 2.05 bits per heavy atom. The molecular formula is C14H18ClN3O3. The van der Waals surface area contributed by atoms with Crippen molar-refractivity contribution < 1.29 is 9.72 Å². The highest BCUT2D eigenvalue weighted by molar-refractivity contribution is 6.19. The molecule has 1 saturated heterocycles. The van der Waals surface area contributed by atoms with E-state index in [4.69, 9.17) is 11.6 Å². The van der Waals surface area contributed by atoms with E-state index in [0.29, 0.717) is 5.56 Å². The summed E-state index contributed by atoms with van der Waals surface area (Å²) in [6.45, 7) is 3.50. The molecule has 0 bridgehead atoms. The lowest BCUT2D eigenvalue weighted by Crippen LogP contribution is -2.45. The number of carbonyl (C=O) groups excluding carboxylic acids is 1. The van der Waals surface area contributed by atoms with Gasteiger partial charge in [0.25, 0.3) is 5.69 Å². The number of aldehydes is 1. The molecular weight excluding hydrogens is 294 g/mol. The summed E-state index contributed by atoms with van der Waals surface area (Å²) in [5, 5.41) is 10.9. The van der Waals surface area contributed by atoms with Crippen molar-refractivity contribution in [2.45, 2.75) is 5.92 Å². The van der Waals surface area contributed by atoms with Gasteiger partial charge >= 0.3 is 0 Å². The number of likely N-dealkylation sites (N-methyl/N-ethyl adjacent to an activating group) is 1. The number of hydrogen-bond donors (Lipinski definition) is 0. The third kappa shape index (κ3) is 3.51. The molecule has 6 nitrogen and oxygen atoms in total. The highest BCUT2D eigenvalue weighted by atomic mass is 35.5. The van der Waals surface area contributed by atoms with Gasteiger partial charge in [-0.25, -0.2) is 0 Å². The summed E-state index contributed by atoms with van der Waals surface area (Å²) < 4.78 is 0. The molecule has 1 aliphatic heterocycles. The number of benzene rings is 1. The van der Waals surface area contributed by atoms with Crippen LogP contribution in [0.25, 0.3) is 0 Å². The van der Waals surface area contributed by atoms with Crippen molar-refractivity contribution in [3.05, 3.63) is 33.9 Å². The van der Waals surface area contributed by atoms with Crippen molar-refractivity contribution in [1.29, 1.82) is 0 Å². The lowest BCUT2D eigenvalue weighted by molar-refractivity contribution is -0.384. The van der Waals surface area contributed by atoms with Gasteiger partial charge in [0.2, 0.25) is 0 Å². The predicted octanol–water partition coefficient (Wildman–Crippen LogP) is 1.87. The highest BCUT2D eigenvalue weighted by Gasteiger charge is 2.23. The number of nitro groups is 1. The number of carbonyl (C=O) groups is 1. The van der Waals surface area contributed by atoms with E-state index in [1.165, 1.54) is 12.1 Å². The molecule has 7 heteroatoms. The number of nitrogens with zero attached hydrogens (tertiary/aromatic N) is 3. The van der Waals surface area contributed by atoms with E-state index in [9.17, 15) is 14.9 Å². The summed E-state index contributed by atoms with van der Waals surface area (Å²) >= 11 is 5.84. The van der Waals surface area contributed by atoms with E-state index >= 15 is 0 Å². The Balaban J connectivity index is 2.39.